The number of hydrogen-bond donors (Lipinski definition) is 1. The number of nitrogens with zero attached hydrogens (tertiary/aromatic N) is 3. The van der Waals surface area contributed by atoms with Crippen molar-refractivity contribution >= 4 is 12.0 Å². The molecule has 7 heteroatoms. The molecule has 1 aliphatic heterocycles. The van der Waals surface area contributed by atoms with Crippen LogP contribution in [0.2, 0.25) is 0 Å². The first kappa shape index (κ1) is 14.9. The topological polar surface area (TPSA) is 76.5 Å². The van der Waals surface area contributed by atoms with E-state index >= 15 is 0 Å². The Morgan fingerprint density at radius 2 is 2.18 bits per heavy atom. The number of hydrogen-bond acceptors (Lipinski definition) is 4. The van der Waals surface area contributed by atoms with Crippen molar-refractivity contribution in [2.24, 2.45) is 5.92 Å². The average Bonchev–Trinajstić information content (AvgIpc) is 2.73. The van der Waals surface area contributed by atoms with Crippen molar-refractivity contribution in [2.45, 2.75) is 45.3 Å². The summed E-state index contributed by atoms with van der Waals surface area (Å²) < 4.78 is 6.50. The number of carbonyl (C=O) groups is 2. The van der Waals surface area contributed by atoms with Crippen LogP contribution in [0.15, 0.2) is 6.07 Å². The number of ether oxygens (including phenoxy) is 1. The van der Waals surface area contributed by atoms with Crippen LogP contribution in [0.4, 0.5) is 4.79 Å². The molecule has 120 valence electrons. The van der Waals surface area contributed by atoms with Crippen LogP contribution in [0.25, 0.3) is 0 Å². The van der Waals surface area contributed by atoms with Gasteiger partial charge >= 0.3 is 6.09 Å². The maximum atomic E-state index is 12.4. The van der Waals surface area contributed by atoms with E-state index in [9.17, 15) is 9.59 Å². The lowest BCUT2D eigenvalue weighted by molar-refractivity contribution is -0.138. The zero-order valence-electron chi connectivity index (χ0n) is 12.9. The van der Waals surface area contributed by atoms with Crippen molar-refractivity contribution < 1.29 is 14.3 Å². The summed E-state index contributed by atoms with van der Waals surface area (Å²) in [6, 6.07) is 1.96. The van der Waals surface area contributed by atoms with E-state index in [0.29, 0.717) is 13.1 Å². The van der Waals surface area contributed by atoms with Gasteiger partial charge in [-0.1, -0.05) is 6.42 Å². The van der Waals surface area contributed by atoms with Gasteiger partial charge in [0, 0.05) is 19.0 Å². The predicted molar refractivity (Wildman–Crippen MR) is 78.8 cm³/mol. The van der Waals surface area contributed by atoms with E-state index in [1.807, 2.05) is 15.6 Å². The summed E-state index contributed by atoms with van der Waals surface area (Å²) in [7, 11) is 1.33. The van der Waals surface area contributed by atoms with Crippen LogP contribution >= 0.6 is 0 Å². The SMILES string of the molecule is COC(=O)NCc1cc2n(n1)CCCN(C(=O)C1CCC1)C2. The zero-order chi connectivity index (χ0) is 15.5. The molecule has 1 aliphatic carbocycles. The van der Waals surface area contributed by atoms with E-state index in [-0.39, 0.29) is 11.8 Å². The molecule has 0 aromatic carbocycles. The molecule has 0 spiro atoms. The lowest BCUT2D eigenvalue weighted by atomic mass is 9.84. The highest BCUT2D eigenvalue weighted by molar-refractivity contribution is 5.79. The fraction of sp³-hybridized carbons (Fsp3) is 0.667. The molecular weight excluding hydrogens is 284 g/mol. The number of fused-ring (bicyclic) bond motifs is 1. The van der Waals surface area contributed by atoms with Crippen LogP contribution in [0.3, 0.4) is 0 Å². The highest BCUT2D eigenvalue weighted by Crippen LogP contribution is 2.29. The first-order chi connectivity index (χ1) is 10.7. The van der Waals surface area contributed by atoms with Crippen LogP contribution in [0.5, 0.6) is 0 Å². The molecule has 1 aromatic rings. The van der Waals surface area contributed by atoms with Crippen molar-refractivity contribution in [1.29, 1.82) is 0 Å². The van der Waals surface area contributed by atoms with Crippen molar-refractivity contribution in [2.75, 3.05) is 13.7 Å². The number of rotatable bonds is 3. The molecule has 0 saturated heterocycles. The van der Waals surface area contributed by atoms with Gasteiger partial charge in [0.25, 0.3) is 0 Å². The van der Waals surface area contributed by atoms with Crippen molar-refractivity contribution in [3.8, 4) is 0 Å². The minimum Gasteiger partial charge on any atom is -0.453 e. The van der Waals surface area contributed by atoms with Crippen LogP contribution in [-0.2, 0) is 29.2 Å². The lowest BCUT2D eigenvalue weighted by Crippen LogP contribution is -2.38. The standard InChI is InChI=1S/C15H22N4O3/c1-22-15(21)16-9-12-8-13-10-18(6-3-7-19(13)17-12)14(20)11-4-2-5-11/h8,11H,2-7,9-10H2,1H3,(H,16,21). The second kappa shape index (κ2) is 6.37. The third-order valence-electron chi connectivity index (χ3n) is 4.43. The molecule has 1 aromatic heterocycles. The third-order valence-corrected chi connectivity index (χ3v) is 4.43. The maximum Gasteiger partial charge on any atom is 0.407 e. The Kier molecular flexibility index (Phi) is 4.31. The summed E-state index contributed by atoms with van der Waals surface area (Å²) in [6.07, 6.45) is 3.68. The fourth-order valence-electron chi connectivity index (χ4n) is 2.94. The molecule has 0 atom stereocenters. The molecule has 3 rings (SSSR count). The summed E-state index contributed by atoms with van der Waals surface area (Å²) in [5.74, 6) is 0.519. The molecule has 2 aliphatic rings. The highest BCUT2D eigenvalue weighted by atomic mass is 16.5. The number of carbonyl (C=O) groups excluding carboxylic acids is 2. The molecule has 0 radical (unpaired) electrons. The Labute approximate surface area is 129 Å². The van der Waals surface area contributed by atoms with Crippen molar-refractivity contribution in [1.82, 2.24) is 20.0 Å². The van der Waals surface area contributed by atoms with Crippen LogP contribution in [0.1, 0.15) is 37.1 Å². The first-order valence-electron chi connectivity index (χ1n) is 7.83. The second-order valence-electron chi connectivity index (χ2n) is 5.94. The smallest absolute Gasteiger partial charge is 0.407 e. The lowest BCUT2D eigenvalue weighted by Gasteiger charge is -2.30. The number of aryl methyl sites for hydroxylation is 1. The third kappa shape index (κ3) is 3.08. The monoisotopic (exact) mass is 306 g/mol. The number of nitrogens with one attached hydrogen (secondary N) is 1. The molecule has 0 unspecified atom stereocenters. The van der Waals surface area contributed by atoms with E-state index in [0.717, 1.165) is 43.7 Å². The Bertz CT molecular complexity index is 565. The zero-order valence-corrected chi connectivity index (χ0v) is 12.9. The van der Waals surface area contributed by atoms with Crippen LogP contribution in [-0.4, -0.2) is 40.3 Å². The molecule has 1 N–H and O–H groups in total. The van der Waals surface area contributed by atoms with Gasteiger partial charge in [0.2, 0.25) is 5.91 Å². The van der Waals surface area contributed by atoms with Gasteiger partial charge in [-0.2, -0.15) is 5.10 Å². The molecule has 0 bridgehead atoms. The van der Waals surface area contributed by atoms with Crippen molar-refractivity contribution in [3.05, 3.63) is 17.5 Å². The van der Waals surface area contributed by atoms with E-state index in [2.05, 4.69) is 15.2 Å². The summed E-state index contributed by atoms with van der Waals surface area (Å²) in [5.41, 5.74) is 1.82. The van der Waals surface area contributed by atoms with E-state index in [1.54, 1.807) is 0 Å². The fourth-order valence-corrected chi connectivity index (χ4v) is 2.94. The summed E-state index contributed by atoms with van der Waals surface area (Å²) in [5, 5.41) is 7.12. The quantitative estimate of drug-likeness (QED) is 0.912. The van der Waals surface area contributed by atoms with Crippen LogP contribution in [0, 0.1) is 5.92 Å². The van der Waals surface area contributed by atoms with E-state index in [4.69, 9.17) is 0 Å². The Morgan fingerprint density at radius 3 is 2.86 bits per heavy atom. The molecule has 1 fully saturated rings. The van der Waals surface area contributed by atoms with Gasteiger partial charge in [-0.05, 0) is 25.3 Å². The number of aromatic nitrogens is 2. The molecule has 7 nitrogen and oxygen atoms in total. The van der Waals surface area contributed by atoms with Gasteiger partial charge in [-0.25, -0.2) is 4.79 Å². The van der Waals surface area contributed by atoms with Crippen LogP contribution < -0.4 is 5.32 Å². The Morgan fingerprint density at radius 1 is 1.36 bits per heavy atom. The van der Waals surface area contributed by atoms with Gasteiger partial charge in [0.05, 0.1) is 31.6 Å². The molecule has 2 amide bonds. The number of alkyl carbamates (subject to hydrolysis) is 1. The normalized spacial score (nSPS) is 18.1. The maximum absolute atomic E-state index is 12.4. The average molecular weight is 306 g/mol. The summed E-state index contributed by atoms with van der Waals surface area (Å²) in [6.45, 7) is 2.56. The minimum absolute atomic E-state index is 0.231. The summed E-state index contributed by atoms with van der Waals surface area (Å²) >= 11 is 0. The molecule has 1 saturated carbocycles. The number of amides is 2. The van der Waals surface area contributed by atoms with Gasteiger partial charge in [0.15, 0.2) is 0 Å². The predicted octanol–water partition coefficient (Wildman–Crippen LogP) is 1.27. The largest absolute Gasteiger partial charge is 0.453 e. The first-order valence-corrected chi connectivity index (χ1v) is 7.83. The van der Waals surface area contributed by atoms with E-state index in [1.165, 1.54) is 13.5 Å². The van der Waals surface area contributed by atoms with E-state index < -0.39 is 6.09 Å². The molecular formula is C15H22N4O3. The Hall–Kier alpha value is -2.05. The minimum atomic E-state index is -0.468. The van der Waals surface area contributed by atoms with Gasteiger partial charge < -0.3 is 15.0 Å². The highest BCUT2D eigenvalue weighted by Gasteiger charge is 2.30. The Balaban J connectivity index is 1.65. The van der Waals surface area contributed by atoms with Gasteiger partial charge in [-0.3, -0.25) is 9.48 Å². The number of methoxy groups -OCH3 is 1. The van der Waals surface area contributed by atoms with Gasteiger partial charge in [0.1, 0.15) is 0 Å². The molecule has 2 heterocycles. The van der Waals surface area contributed by atoms with Gasteiger partial charge in [-0.15, -0.1) is 0 Å². The summed E-state index contributed by atoms with van der Waals surface area (Å²) in [4.78, 5) is 25.5. The second-order valence-corrected chi connectivity index (χ2v) is 5.94. The van der Waals surface area contributed by atoms with Crippen molar-refractivity contribution in [3.63, 3.8) is 0 Å². The molecule has 22 heavy (non-hydrogen) atoms.